The Morgan fingerprint density at radius 1 is 1.33 bits per heavy atom. The zero-order chi connectivity index (χ0) is 3.58. The minimum atomic E-state index is -3.13. The van der Waals surface area contributed by atoms with Crippen LogP contribution in [0.25, 0.3) is 0 Å². The average Bonchev–Trinajstić information content (AvgIpc) is 0.811. The van der Waals surface area contributed by atoms with Crippen LogP contribution in [0.2, 0.25) is 0 Å². The number of rotatable bonds is 0. The summed E-state index contributed by atoms with van der Waals surface area (Å²) in [4.78, 5) is 14.3. The van der Waals surface area contributed by atoms with Crippen molar-refractivity contribution in [2.75, 3.05) is 0 Å². The molecule has 0 aliphatic heterocycles. The van der Waals surface area contributed by atoms with Gasteiger partial charge in [-0.1, -0.05) is 0 Å². The van der Waals surface area contributed by atoms with E-state index in [1.807, 2.05) is 0 Å². The van der Waals surface area contributed by atoms with E-state index in [0.717, 1.165) is 0 Å². The summed E-state index contributed by atoms with van der Waals surface area (Å²) in [6, 6.07) is 0. The van der Waals surface area contributed by atoms with Gasteiger partial charge in [0, 0.05) is 40.3 Å². The fraction of sp³-hybridized carbons (Fsp3) is 0. The zero-order valence-corrected chi connectivity index (χ0v) is 6.71. The minimum Gasteiger partial charge on any atom is -0.511 e. The van der Waals surface area contributed by atoms with Crippen LogP contribution >= 0.6 is 0 Å². The third-order valence-corrected chi connectivity index (χ3v) is 0. The zero-order valence-electron chi connectivity index (χ0n) is 2.75. The average molecular weight is 177 g/mol. The Labute approximate surface area is 63.4 Å². The summed E-state index contributed by atoms with van der Waals surface area (Å²) >= 11 is 0. The first-order valence-corrected chi connectivity index (χ1v) is 1.95. The van der Waals surface area contributed by atoms with Crippen LogP contribution in [0.3, 0.4) is 0 Å². The molecule has 0 heterocycles. The van der Waals surface area contributed by atoms with Crippen molar-refractivity contribution in [1.29, 1.82) is 0 Å². The van der Waals surface area contributed by atoms with Crippen LogP contribution in [-0.2, 0) is 44.7 Å². The Kier molecular flexibility index (Phi) is 24.5. The van der Waals surface area contributed by atoms with Gasteiger partial charge in [0.05, 0.1) is 0 Å². The van der Waals surface area contributed by atoms with E-state index in [4.69, 9.17) is 14.1 Å². The van der Waals surface area contributed by atoms with E-state index in [2.05, 4.69) is 0 Å². The fourth-order valence-electron chi connectivity index (χ4n) is 0. The Hall–Kier alpha value is 0.916. The van der Waals surface area contributed by atoms with E-state index >= 15 is 0 Å². The molecule has 0 saturated carbocycles. The molecule has 0 rings (SSSR count). The summed E-state index contributed by atoms with van der Waals surface area (Å²) in [5.41, 5.74) is 0. The summed E-state index contributed by atoms with van der Waals surface area (Å²) in [5, 5.41) is 0. The maximum atomic E-state index is 8.74. The monoisotopic (exact) mass is 177 g/mol. The van der Waals surface area contributed by atoms with Crippen molar-refractivity contribution in [3.8, 4) is 0 Å². The van der Waals surface area contributed by atoms with Crippen LogP contribution in [0.15, 0.2) is 0 Å². The summed E-state index contributed by atoms with van der Waals surface area (Å²) in [7, 11) is -3.13. The molecule has 0 atom stereocenters. The van der Waals surface area contributed by atoms with Crippen LogP contribution in [0.5, 0.6) is 0 Å². The molecule has 0 unspecified atom stereocenters. The Morgan fingerprint density at radius 2 is 1.33 bits per heavy atom. The van der Waals surface area contributed by atoms with Gasteiger partial charge in [0.15, 0.2) is 0 Å². The van der Waals surface area contributed by atoms with E-state index in [-0.39, 0.29) is 40.3 Å². The van der Waals surface area contributed by atoms with Gasteiger partial charge < -0.3 is 9.59 Å². The van der Waals surface area contributed by atoms with Gasteiger partial charge in [0.25, 0.3) is 0 Å². The van der Waals surface area contributed by atoms with Crippen LogP contribution < -0.4 is 0 Å². The third-order valence-electron chi connectivity index (χ3n) is 0. The predicted molar refractivity (Wildman–Crippen MR) is 10.9 cm³/mol. The minimum absolute atomic E-state index is 0. The molecule has 0 spiro atoms. The second-order valence-electron chi connectivity index (χ2n) is 0.283. The Bertz CT molecular complexity index is 33.8. The molecule has 0 fully saturated rings. The van der Waals surface area contributed by atoms with Gasteiger partial charge in [-0.3, -0.25) is 4.46 Å². The van der Waals surface area contributed by atoms with Gasteiger partial charge in [0.1, 0.15) is 0 Å². The smallest absolute Gasteiger partial charge is 0.511 e. The summed E-state index contributed by atoms with van der Waals surface area (Å²) in [5.74, 6) is 0. The second kappa shape index (κ2) is 9.32. The molecule has 0 aromatic heterocycles. The molecule has 0 aliphatic carbocycles. The van der Waals surface area contributed by atoms with Gasteiger partial charge in [-0.25, -0.2) is 0 Å². The molecular weight excluding hydrogens is 175 g/mol. The normalized spacial score (nSPS) is 4.00. The Morgan fingerprint density at radius 3 is 1.33 bits per heavy atom. The third kappa shape index (κ3) is 89.9. The standard InChI is InChI=1S/H2O3Si.Ti.V/c1-4(2)3;;/h1-2H;;. The van der Waals surface area contributed by atoms with Crippen molar-refractivity contribution in [3.05, 3.63) is 0 Å². The molecule has 6 heavy (non-hydrogen) atoms. The van der Waals surface area contributed by atoms with Crippen molar-refractivity contribution in [1.82, 2.24) is 0 Å². The maximum Gasteiger partial charge on any atom is 0.761 e. The van der Waals surface area contributed by atoms with Crippen molar-refractivity contribution in [3.63, 3.8) is 0 Å². The van der Waals surface area contributed by atoms with Gasteiger partial charge >= 0.3 is 9.17 Å². The first-order valence-electron chi connectivity index (χ1n) is 0.651. The van der Waals surface area contributed by atoms with Gasteiger partial charge in [-0.05, 0) is 0 Å². The Balaban J connectivity index is -0.0000000450. The quantitative estimate of drug-likeness (QED) is 0.437. The number of hydrogen-bond donors (Lipinski definition) is 2. The van der Waals surface area contributed by atoms with E-state index in [1.165, 1.54) is 0 Å². The molecule has 3 nitrogen and oxygen atoms in total. The van der Waals surface area contributed by atoms with E-state index in [1.54, 1.807) is 0 Å². The van der Waals surface area contributed by atoms with Gasteiger partial charge in [0.2, 0.25) is 0 Å². The van der Waals surface area contributed by atoms with Crippen LogP contribution in [-0.4, -0.2) is 18.8 Å². The first-order chi connectivity index (χ1) is 1.73. The number of hydrogen-bond acceptors (Lipinski definition) is 1. The first kappa shape index (κ1) is 15.8. The molecule has 0 aliphatic rings. The molecule has 1 radical (unpaired) electrons. The molecule has 0 amide bonds. The van der Waals surface area contributed by atoms with Crippen molar-refractivity contribution >= 4 is 9.17 Å². The summed E-state index contributed by atoms with van der Waals surface area (Å²) < 4.78 is 8.74. The van der Waals surface area contributed by atoms with Crippen molar-refractivity contribution < 1.29 is 54.3 Å². The van der Waals surface area contributed by atoms with Gasteiger partial charge in [-0.15, -0.1) is 0 Å². The van der Waals surface area contributed by atoms with Crippen LogP contribution in [0, 0.1) is 0 Å². The van der Waals surface area contributed by atoms with E-state index in [9.17, 15) is 0 Å². The molecule has 0 aromatic carbocycles. The van der Waals surface area contributed by atoms with Crippen molar-refractivity contribution in [2.24, 2.45) is 0 Å². The predicted octanol–water partition coefficient (Wildman–Crippen LogP) is -1.62. The van der Waals surface area contributed by atoms with Crippen LogP contribution in [0.4, 0.5) is 0 Å². The van der Waals surface area contributed by atoms with Crippen LogP contribution in [0.1, 0.15) is 0 Å². The molecule has 0 saturated heterocycles. The summed E-state index contributed by atoms with van der Waals surface area (Å²) in [6.45, 7) is 0. The molecule has 2 N–H and O–H groups in total. The largest absolute Gasteiger partial charge is 0.761 e. The SMILES string of the molecule is O=[Si](O)O.[Ti].[V]. The van der Waals surface area contributed by atoms with E-state index < -0.39 is 9.17 Å². The topological polar surface area (TPSA) is 57.5 Å². The maximum absolute atomic E-state index is 8.74. The van der Waals surface area contributed by atoms with E-state index in [0.29, 0.717) is 0 Å². The molecule has 0 bridgehead atoms. The molecular formula is H2O3SiTiV. The summed E-state index contributed by atoms with van der Waals surface area (Å²) in [6.07, 6.45) is 0. The fourth-order valence-corrected chi connectivity index (χ4v) is 0. The second-order valence-corrected chi connectivity index (χ2v) is 0.848. The molecule has 0 aromatic rings. The van der Waals surface area contributed by atoms with Gasteiger partial charge in [-0.2, -0.15) is 0 Å². The molecule has 6 heteroatoms. The molecule has 33 valence electrons. The van der Waals surface area contributed by atoms with Crippen molar-refractivity contribution in [2.45, 2.75) is 0 Å².